The van der Waals surface area contributed by atoms with Gasteiger partial charge in [0, 0.05) is 6.54 Å². The van der Waals surface area contributed by atoms with Gasteiger partial charge in [0.25, 0.3) is 5.91 Å². The Bertz CT molecular complexity index is 553. The van der Waals surface area contributed by atoms with Crippen LogP contribution < -0.4 is 11.1 Å². The smallest absolute Gasteiger partial charge is 0.271 e. The molecule has 0 radical (unpaired) electrons. The van der Waals surface area contributed by atoms with Crippen LogP contribution in [0.15, 0.2) is 30.5 Å². The lowest BCUT2D eigenvalue weighted by Gasteiger charge is -2.04. The summed E-state index contributed by atoms with van der Waals surface area (Å²) in [5, 5.41) is 8.86. The van der Waals surface area contributed by atoms with Gasteiger partial charge in [-0.2, -0.15) is 5.10 Å². The molecule has 1 aromatic heterocycles. The Labute approximate surface area is 103 Å². The Hall–Kier alpha value is -2.37. The van der Waals surface area contributed by atoms with E-state index < -0.39 is 0 Å². The Morgan fingerprint density at radius 3 is 3.00 bits per heavy atom. The van der Waals surface area contributed by atoms with Gasteiger partial charge in [-0.1, -0.05) is 12.1 Å². The van der Waals surface area contributed by atoms with Crippen molar-refractivity contribution in [2.24, 2.45) is 0 Å². The van der Waals surface area contributed by atoms with Crippen LogP contribution in [0.5, 0.6) is 0 Å². The number of amides is 1. The Morgan fingerprint density at radius 2 is 2.33 bits per heavy atom. The van der Waals surface area contributed by atoms with Gasteiger partial charge in [0.1, 0.15) is 11.5 Å². The van der Waals surface area contributed by atoms with Crippen molar-refractivity contribution in [3.63, 3.8) is 0 Å². The van der Waals surface area contributed by atoms with Gasteiger partial charge >= 0.3 is 0 Å². The topological polar surface area (TPSA) is 83.8 Å². The van der Waals surface area contributed by atoms with Gasteiger partial charge < -0.3 is 11.1 Å². The predicted molar refractivity (Wildman–Crippen MR) is 65.4 cm³/mol. The van der Waals surface area contributed by atoms with Crippen molar-refractivity contribution in [1.82, 2.24) is 15.5 Å². The van der Waals surface area contributed by atoms with Crippen molar-refractivity contribution in [3.05, 3.63) is 47.5 Å². The summed E-state index contributed by atoms with van der Waals surface area (Å²) in [6, 6.07) is 6.27. The number of nitrogens with two attached hydrogens (primary N) is 1. The first kappa shape index (κ1) is 12.1. The molecule has 2 aromatic rings. The van der Waals surface area contributed by atoms with Crippen molar-refractivity contribution >= 4 is 11.6 Å². The Kier molecular flexibility index (Phi) is 3.57. The minimum absolute atomic E-state index is 0.245. The lowest BCUT2D eigenvalue weighted by atomic mass is 10.1. The molecule has 0 saturated heterocycles. The summed E-state index contributed by atoms with van der Waals surface area (Å²) in [5.41, 5.74) is 6.92. The number of anilines is 1. The Morgan fingerprint density at radius 1 is 1.50 bits per heavy atom. The lowest BCUT2D eigenvalue weighted by molar-refractivity contribution is 0.0950. The fraction of sp³-hybridized carbons (Fsp3) is 0.167. The zero-order chi connectivity index (χ0) is 13.0. The van der Waals surface area contributed by atoms with Crippen LogP contribution in [0.2, 0.25) is 0 Å². The summed E-state index contributed by atoms with van der Waals surface area (Å²) in [4.78, 5) is 11.6. The molecule has 1 aromatic carbocycles. The van der Waals surface area contributed by atoms with Crippen molar-refractivity contribution in [3.8, 4) is 0 Å². The van der Waals surface area contributed by atoms with E-state index in [9.17, 15) is 9.18 Å². The predicted octanol–water partition coefficient (Wildman–Crippen LogP) is 1.10. The van der Waals surface area contributed by atoms with E-state index in [1.54, 1.807) is 12.1 Å². The van der Waals surface area contributed by atoms with Gasteiger partial charge in [-0.15, -0.1) is 0 Å². The van der Waals surface area contributed by atoms with E-state index in [0.717, 1.165) is 5.56 Å². The zero-order valence-corrected chi connectivity index (χ0v) is 9.61. The van der Waals surface area contributed by atoms with Gasteiger partial charge in [0.2, 0.25) is 0 Å². The minimum Gasteiger partial charge on any atom is -0.396 e. The number of nitrogen functional groups attached to an aromatic ring is 1. The Balaban J connectivity index is 1.86. The van der Waals surface area contributed by atoms with E-state index in [4.69, 9.17) is 5.73 Å². The van der Waals surface area contributed by atoms with E-state index in [1.807, 2.05) is 0 Å². The van der Waals surface area contributed by atoms with E-state index in [0.29, 0.717) is 18.7 Å². The lowest BCUT2D eigenvalue weighted by Crippen LogP contribution is -2.26. The standard InChI is InChI=1S/C12H13FN4O/c13-9-3-1-2-8(6-9)4-5-15-12(18)11-10(14)7-16-17-11/h1-3,6-7H,4-5,14H2,(H,15,18)(H,16,17). The summed E-state index contributed by atoms with van der Waals surface area (Å²) in [6.45, 7) is 0.404. The molecule has 4 N–H and O–H groups in total. The number of hydrogen-bond acceptors (Lipinski definition) is 3. The largest absolute Gasteiger partial charge is 0.396 e. The van der Waals surface area contributed by atoms with E-state index in [1.165, 1.54) is 18.3 Å². The third-order valence-corrected chi connectivity index (χ3v) is 2.48. The number of nitrogens with zero attached hydrogens (tertiary/aromatic N) is 1. The van der Waals surface area contributed by atoms with E-state index >= 15 is 0 Å². The van der Waals surface area contributed by atoms with Crippen molar-refractivity contribution < 1.29 is 9.18 Å². The van der Waals surface area contributed by atoms with Gasteiger partial charge in [-0.25, -0.2) is 4.39 Å². The number of carbonyl (C=O) groups excluding carboxylic acids is 1. The molecule has 0 aliphatic carbocycles. The summed E-state index contributed by atoms with van der Waals surface area (Å²) >= 11 is 0. The molecule has 6 heteroatoms. The monoisotopic (exact) mass is 248 g/mol. The molecule has 0 aliphatic heterocycles. The summed E-state index contributed by atoms with van der Waals surface area (Å²) < 4.78 is 12.9. The second-order valence-corrected chi connectivity index (χ2v) is 3.84. The van der Waals surface area contributed by atoms with Gasteiger partial charge in [-0.3, -0.25) is 9.89 Å². The molecule has 5 nitrogen and oxygen atoms in total. The van der Waals surface area contributed by atoms with Crippen LogP contribution in [0.1, 0.15) is 16.1 Å². The van der Waals surface area contributed by atoms with Crippen LogP contribution in [0.4, 0.5) is 10.1 Å². The molecule has 0 saturated carbocycles. The van der Waals surface area contributed by atoms with Crippen LogP contribution >= 0.6 is 0 Å². The SMILES string of the molecule is Nc1cn[nH]c1C(=O)NCCc1cccc(F)c1. The van der Waals surface area contributed by atoms with Gasteiger partial charge in [0.15, 0.2) is 0 Å². The molecule has 0 aliphatic rings. The van der Waals surface area contributed by atoms with Crippen LogP contribution in [0, 0.1) is 5.82 Å². The number of aromatic amines is 1. The fourth-order valence-electron chi connectivity index (χ4n) is 1.58. The molecule has 0 unspecified atom stereocenters. The highest BCUT2D eigenvalue weighted by molar-refractivity contribution is 5.96. The number of halogens is 1. The number of benzene rings is 1. The fourth-order valence-corrected chi connectivity index (χ4v) is 1.58. The normalized spacial score (nSPS) is 10.3. The summed E-state index contributed by atoms with van der Waals surface area (Å²) in [5.74, 6) is -0.599. The highest BCUT2D eigenvalue weighted by Crippen LogP contribution is 2.06. The summed E-state index contributed by atoms with van der Waals surface area (Å²) in [7, 11) is 0. The van der Waals surface area contributed by atoms with Crippen LogP contribution in [0.25, 0.3) is 0 Å². The highest BCUT2D eigenvalue weighted by atomic mass is 19.1. The molecule has 18 heavy (non-hydrogen) atoms. The molecule has 0 spiro atoms. The van der Waals surface area contributed by atoms with Gasteiger partial charge in [0.05, 0.1) is 11.9 Å². The first-order valence-corrected chi connectivity index (χ1v) is 5.48. The second kappa shape index (κ2) is 5.31. The first-order chi connectivity index (χ1) is 8.66. The van der Waals surface area contributed by atoms with Crippen LogP contribution in [-0.4, -0.2) is 22.6 Å². The van der Waals surface area contributed by atoms with Crippen molar-refractivity contribution in [1.29, 1.82) is 0 Å². The van der Waals surface area contributed by atoms with Crippen LogP contribution in [0.3, 0.4) is 0 Å². The van der Waals surface area contributed by atoms with Crippen molar-refractivity contribution in [2.75, 3.05) is 12.3 Å². The minimum atomic E-state index is -0.318. The first-order valence-electron chi connectivity index (χ1n) is 5.48. The highest BCUT2D eigenvalue weighted by Gasteiger charge is 2.10. The molecular formula is C12H13FN4O. The molecule has 0 atom stereocenters. The van der Waals surface area contributed by atoms with Crippen LogP contribution in [-0.2, 0) is 6.42 Å². The molecule has 94 valence electrons. The number of aromatic nitrogens is 2. The van der Waals surface area contributed by atoms with E-state index in [2.05, 4.69) is 15.5 Å². The molecule has 1 heterocycles. The number of rotatable bonds is 4. The molecule has 0 fully saturated rings. The maximum atomic E-state index is 12.9. The van der Waals surface area contributed by atoms with E-state index in [-0.39, 0.29) is 17.4 Å². The van der Waals surface area contributed by atoms with Crippen molar-refractivity contribution in [2.45, 2.75) is 6.42 Å². The summed E-state index contributed by atoms with van der Waals surface area (Å²) in [6.07, 6.45) is 1.93. The number of H-pyrrole nitrogens is 1. The number of hydrogen-bond donors (Lipinski definition) is 3. The molecule has 1 amide bonds. The third kappa shape index (κ3) is 2.85. The molecule has 2 rings (SSSR count). The zero-order valence-electron chi connectivity index (χ0n) is 9.61. The van der Waals surface area contributed by atoms with Gasteiger partial charge in [-0.05, 0) is 24.1 Å². The average Bonchev–Trinajstić information content (AvgIpc) is 2.75. The number of nitrogens with one attached hydrogen (secondary N) is 2. The third-order valence-electron chi connectivity index (χ3n) is 2.48. The average molecular weight is 248 g/mol. The maximum Gasteiger partial charge on any atom is 0.271 e. The quantitative estimate of drug-likeness (QED) is 0.757. The number of carbonyl (C=O) groups is 1. The molecular weight excluding hydrogens is 235 g/mol. The maximum absolute atomic E-state index is 12.9. The second-order valence-electron chi connectivity index (χ2n) is 3.84. The molecule has 0 bridgehead atoms.